The van der Waals surface area contributed by atoms with Gasteiger partial charge in [0, 0.05) is 5.39 Å². The van der Waals surface area contributed by atoms with E-state index in [1.54, 1.807) is 12.1 Å². The predicted octanol–water partition coefficient (Wildman–Crippen LogP) is 2.15. The summed E-state index contributed by atoms with van der Waals surface area (Å²) in [7, 11) is 0. The third kappa shape index (κ3) is 2.63. The molecule has 5 heteroatoms. The van der Waals surface area contributed by atoms with Crippen LogP contribution < -0.4 is 5.32 Å². The Morgan fingerprint density at radius 1 is 1.47 bits per heavy atom. The van der Waals surface area contributed by atoms with Crippen molar-refractivity contribution in [2.24, 2.45) is 0 Å². The van der Waals surface area contributed by atoms with Gasteiger partial charge in [-0.1, -0.05) is 25.0 Å². The van der Waals surface area contributed by atoms with E-state index in [1.165, 1.54) is 0 Å². The molecule has 0 spiro atoms. The molecule has 0 saturated carbocycles. The lowest BCUT2D eigenvalue weighted by Gasteiger charge is -2.13. The van der Waals surface area contributed by atoms with Gasteiger partial charge in [0.1, 0.15) is 5.82 Å². The Morgan fingerprint density at radius 2 is 2.21 bits per heavy atom. The monoisotopic (exact) mass is 255 g/mol. The highest BCUT2D eigenvalue weighted by atomic mass is 16.4. The Hall–Kier alpha value is -2.61. The molecule has 1 aromatic carbocycles. The van der Waals surface area contributed by atoms with E-state index in [9.17, 15) is 4.79 Å². The summed E-state index contributed by atoms with van der Waals surface area (Å²) >= 11 is 0. The molecule has 5 nitrogen and oxygen atoms in total. The number of hydrogen-bond acceptors (Lipinski definition) is 4. The summed E-state index contributed by atoms with van der Waals surface area (Å²) in [5.74, 6) is 1.64. The van der Waals surface area contributed by atoms with Crippen LogP contribution >= 0.6 is 0 Å². The first kappa shape index (κ1) is 12.8. The number of hydrogen-bond donors (Lipinski definition) is 2. The number of nitrogens with one attached hydrogen (secondary N) is 1. The summed E-state index contributed by atoms with van der Waals surface area (Å²) in [6.07, 6.45) is 6.12. The lowest BCUT2D eigenvalue weighted by atomic mass is 10.2. The Kier molecular flexibility index (Phi) is 3.62. The standard InChI is InChI=1S/C14H13N3O2/c1-3-9(4-2)15-12-10-7-5-6-8-11(10)16-13(17-12)14(18)19/h1,5-9H,4H2,2H3,(H,18,19)(H,15,16,17). The molecule has 0 radical (unpaired) electrons. The van der Waals surface area contributed by atoms with E-state index in [4.69, 9.17) is 11.5 Å². The Balaban J connectivity index is 2.57. The number of aromatic carboxylic acids is 1. The lowest BCUT2D eigenvalue weighted by molar-refractivity contribution is 0.0684. The number of nitrogens with zero attached hydrogens (tertiary/aromatic N) is 2. The normalized spacial score (nSPS) is 11.8. The fraction of sp³-hybridized carbons (Fsp3) is 0.214. The van der Waals surface area contributed by atoms with Crippen molar-refractivity contribution < 1.29 is 9.90 Å². The maximum atomic E-state index is 11.0. The van der Waals surface area contributed by atoms with E-state index in [0.717, 1.165) is 11.8 Å². The fourth-order valence-electron chi connectivity index (χ4n) is 1.71. The van der Waals surface area contributed by atoms with Gasteiger partial charge >= 0.3 is 5.97 Å². The van der Waals surface area contributed by atoms with Crippen molar-refractivity contribution in [1.82, 2.24) is 9.97 Å². The van der Waals surface area contributed by atoms with Crippen LogP contribution in [0.25, 0.3) is 10.9 Å². The van der Waals surface area contributed by atoms with Crippen LogP contribution in [0.5, 0.6) is 0 Å². The molecule has 96 valence electrons. The van der Waals surface area contributed by atoms with Crippen LogP contribution in [-0.2, 0) is 0 Å². The zero-order valence-corrected chi connectivity index (χ0v) is 10.4. The van der Waals surface area contributed by atoms with Gasteiger partial charge in [-0.25, -0.2) is 14.8 Å². The number of terminal acetylenes is 1. The molecule has 19 heavy (non-hydrogen) atoms. The topological polar surface area (TPSA) is 75.1 Å². The molecule has 0 bridgehead atoms. The van der Waals surface area contributed by atoms with Crippen molar-refractivity contribution in [3.05, 3.63) is 30.1 Å². The number of carboxylic acid groups (broad SMARTS) is 1. The predicted molar refractivity (Wildman–Crippen MR) is 73.0 cm³/mol. The second-order valence-electron chi connectivity index (χ2n) is 3.99. The van der Waals surface area contributed by atoms with Crippen molar-refractivity contribution in [1.29, 1.82) is 0 Å². The van der Waals surface area contributed by atoms with Gasteiger partial charge in [-0.15, -0.1) is 6.42 Å². The van der Waals surface area contributed by atoms with E-state index in [2.05, 4.69) is 21.2 Å². The van der Waals surface area contributed by atoms with Crippen LogP contribution in [0.4, 0.5) is 5.82 Å². The molecular formula is C14H13N3O2. The summed E-state index contributed by atoms with van der Waals surface area (Å²) in [6, 6.07) is 7.01. The molecular weight excluding hydrogens is 242 g/mol. The summed E-state index contributed by atoms with van der Waals surface area (Å²) in [4.78, 5) is 19.0. The van der Waals surface area contributed by atoms with Gasteiger partial charge in [-0.05, 0) is 18.6 Å². The van der Waals surface area contributed by atoms with E-state index < -0.39 is 5.97 Å². The first-order valence-corrected chi connectivity index (χ1v) is 5.88. The number of benzene rings is 1. The van der Waals surface area contributed by atoms with Crippen LogP contribution in [0.1, 0.15) is 24.0 Å². The second kappa shape index (κ2) is 5.36. The van der Waals surface area contributed by atoms with Gasteiger partial charge in [-0.3, -0.25) is 0 Å². The largest absolute Gasteiger partial charge is 0.475 e. The minimum absolute atomic E-state index is 0.194. The second-order valence-corrected chi connectivity index (χ2v) is 3.99. The Bertz CT molecular complexity index is 661. The average Bonchev–Trinajstić information content (AvgIpc) is 2.44. The minimum atomic E-state index is -1.16. The van der Waals surface area contributed by atoms with Crippen molar-refractivity contribution in [3.63, 3.8) is 0 Å². The van der Waals surface area contributed by atoms with Gasteiger partial charge in [0.05, 0.1) is 11.6 Å². The highest BCUT2D eigenvalue weighted by Gasteiger charge is 2.14. The molecule has 0 aliphatic carbocycles. The molecule has 1 atom stereocenters. The molecule has 2 N–H and O–H groups in total. The quantitative estimate of drug-likeness (QED) is 0.819. The van der Waals surface area contributed by atoms with E-state index in [-0.39, 0.29) is 11.9 Å². The molecule has 0 aliphatic heterocycles. The van der Waals surface area contributed by atoms with Crippen molar-refractivity contribution >= 4 is 22.7 Å². The lowest BCUT2D eigenvalue weighted by Crippen LogP contribution is -2.18. The minimum Gasteiger partial charge on any atom is -0.475 e. The van der Waals surface area contributed by atoms with Crippen LogP contribution in [-0.4, -0.2) is 27.1 Å². The highest BCUT2D eigenvalue weighted by Crippen LogP contribution is 2.21. The zero-order chi connectivity index (χ0) is 13.8. The van der Waals surface area contributed by atoms with Gasteiger partial charge in [0.2, 0.25) is 5.82 Å². The first-order chi connectivity index (χ1) is 9.15. The Labute approximate surface area is 110 Å². The molecule has 1 heterocycles. The number of aromatic nitrogens is 2. The van der Waals surface area contributed by atoms with E-state index in [0.29, 0.717) is 11.3 Å². The first-order valence-electron chi connectivity index (χ1n) is 5.88. The SMILES string of the molecule is C#CC(CC)Nc1nc(C(=O)O)nc2ccccc12. The van der Waals surface area contributed by atoms with Gasteiger partial charge < -0.3 is 10.4 Å². The summed E-state index contributed by atoms with van der Waals surface area (Å²) in [5.41, 5.74) is 0.573. The third-order valence-corrected chi connectivity index (χ3v) is 2.71. The number of para-hydroxylation sites is 1. The summed E-state index contributed by atoms with van der Waals surface area (Å²) in [5, 5.41) is 12.8. The van der Waals surface area contributed by atoms with Crippen molar-refractivity contribution in [3.8, 4) is 12.3 Å². The number of carbonyl (C=O) groups is 1. The van der Waals surface area contributed by atoms with E-state index in [1.807, 2.05) is 19.1 Å². The Morgan fingerprint density at radius 3 is 2.84 bits per heavy atom. The molecule has 0 amide bonds. The third-order valence-electron chi connectivity index (χ3n) is 2.71. The maximum Gasteiger partial charge on any atom is 0.374 e. The van der Waals surface area contributed by atoms with E-state index >= 15 is 0 Å². The zero-order valence-electron chi connectivity index (χ0n) is 10.4. The molecule has 2 rings (SSSR count). The fourth-order valence-corrected chi connectivity index (χ4v) is 1.71. The molecule has 0 saturated heterocycles. The van der Waals surface area contributed by atoms with Crippen LogP contribution in [0.15, 0.2) is 24.3 Å². The summed E-state index contributed by atoms with van der Waals surface area (Å²) in [6.45, 7) is 1.94. The summed E-state index contributed by atoms with van der Waals surface area (Å²) < 4.78 is 0. The van der Waals surface area contributed by atoms with Crippen LogP contribution in [0.3, 0.4) is 0 Å². The maximum absolute atomic E-state index is 11.0. The van der Waals surface area contributed by atoms with Crippen molar-refractivity contribution in [2.75, 3.05) is 5.32 Å². The van der Waals surface area contributed by atoms with Gasteiger partial charge in [-0.2, -0.15) is 0 Å². The molecule has 2 aromatic rings. The number of anilines is 1. The van der Waals surface area contributed by atoms with Crippen molar-refractivity contribution in [2.45, 2.75) is 19.4 Å². The van der Waals surface area contributed by atoms with Gasteiger partial charge in [0.25, 0.3) is 0 Å². The smallest absolute Gasteiger partial charge is 0.374 e. The molecule has 1 aromatic heterocycles. The molecule has 0 aliphatic rings. The van der Waals surface area contributed by atoms with Crippen LogP contribution in [0.2, 0.25) is 0 Å². The number of fused-ring (bicyclic) bond motifs is 1. The average molecular weight is 255 g/mol. The molecule has 1 unspecified atom stereocenters. The van der Waals surface area contributed by atoms with Gasteiger partial charge in [0.15, 0.2) is 0 Å². The molecule has 0 fully saturated rings. The van der Waals surface area contributed by atoms with Crippen LogP contribution in [0, 0.1) is 12.3 Å². The number of rotatable bonds is 4. The highest BCUT2D eigenvalue weighted by molar-refractivity contribution is 5.93. The number of carboxylic acids is 1.